The summed E-state index contributed by atoms with van der Waals surface area (Å²) in [5.41, 5.74) is 2.78. The predicted molar refractivity (Wildman–Crippen MR) is 106 cm³/mol. The average Bonchev–Trinajstić information content (AvgIpc) is 3.45. The second-order valence-corrected chi connectivity index (χ2v) is 7.41. The molecule has 1 aliphatic rings. The third-order valence-corrected chi connectivity index (χ3v) is 5.52. The average molecular weight is 442 g/mol. The highest BCUT2D eigenvalue weighted by atomic mass is 19.4. The maximum absolute atomic E-state index is 12.9. The first-order valence-electron chi connectivity index (χ1n) is 9.72. The van der Waals surface area contributed by atoms with Crippen molar-refractivity contribution in [2.45, 2.75) is 24.4 Å². The van der Waals surface area contributed by atoms with Gasteiger partial charge in [0.15, 0.2) is 5.65 Å². The van der Waals surface area contributed by atoms with E-state index in [1.54, 1.807) is 6.20 Å². The minimum absolute atomic E-state index is 0.0744. The van der Waals surface area contributed by atoms with Crippen molar-refractivity contribution >= 4 is 5.65 Å². The molecule has 1 aliphatic carbocycles. The number of hydrogen-bond donors (Lipinski definition) is 0. The van der Waals surface area contributed by atoms with Crippen LogP contribution in [0.1, 0.15) is 34.9 Å². The van der Waals surface area contributed by atoms with Crippen LogP contribution in [-0.2, 0) is 6.18 Å². The van der Waals surface area contributed by atoms with Crippen LogP contribution in [0, 0.1) is 0 Å². The summed E-state index contributed by atoms with van der Waals surface area (Å²) in [5, 5.41) is 8.66. The van der Waals surface area contributed by atoms with Crippen LogP contribution in [-0.4, -0.2) is 44.0 Å². The molecule has 0 spiro atoms. The standard InChI is InChI=1S/C21H17F3N6O2/c1-31-19-16(9-25-20(28-19)32-2)17-8-15(18-26-10-27-30(18)29-17)14-7-13(14)11-3-5-12(6-4-11)21(22,23)24/h3-6,8-10,13-14H,7H2,1-2H3/t13-,14+/m1/s1. The zero-order valence-corrected chi connectivity index (χ0v) is 17.0. The van der Waals surface area contributed by atoms with Gasteiger partial charge in [-0.15, -0.1) is 14.8 Å². The molecule has 0 saturated heterocycles. The molecule has 0 aliphatic heterocycles. The Hall–Kier alpha value is -3.76. The number of methoxy groups -OCH3 is 2. The molecule has 0 radical (unpaired) electrons. The fourth-order valence-corrected chi connectivity index (χ4v) is 3.85. The second kappa shape index (κ2) is 7.43. The van der Waals surface area contributed by atoms with Crippen molar-refractivity contribution in [2.75, 3.05) is 14.2 Å². The Bertz CT molecular complexity index is 1290. The van der Waals surface area contributed by atoms with E-state index in [4.69, 9.17) is 9.47 Å². The summed E-state index contributed by atoms with van der Waals surface area (Å²) in [7, 11) is 2.95. The zero-order chi connectivity index (χ0) is 22.5. The second-order valence-electron chi connectivity index (χ2n) is 7.41. The number of hydrogen-bond acceptors (Lipinski definition) is 7. The van der Waals surface area contributed by atoms with Crippen LogP contribution in [0.5, 0.6) is 11.9 Å². The Kier molecular flexibility index (Phi) is 4.68. The summed E-state index contributed by atoms with van der Waals surface area (Å²) < 4.78 is 50.5. The highest BCUT2D eigenvalue weighted by molar-refractivity contribution is 5.68. The van der Waals surface area contributed by atoms with Gasteiger partial charge in [0.2, 0.25) is 5.88 Å². The highest BCUT2D eigenvalue weighted by Gasteiger charge is 2.42. The van der Waals surface area contributed by atoms with Crippen molar-refractivity contribution in [2.24, 2.45) is 0 Å². The summed E-state index contributed by atoms with van der Waals surface area (Å²) in [4.78, 5) is 12.7. The number of fused-ring (bicyclic) bond motifs is 1. The van der Waals surface area contributed by atoms with E-state index in [1.807, 2.05) is 6.07 Å². The molecule has 0 amide bonds. The topological polar surface area (TPSA) is 87.3 Å². The Morgan fingerprint density at radius 2 is 1.81 bits per heavy atom. The summed E-state index contributed by atoms with van der Waals surface area (Å²) in [5.74, 6) is 0.456. The van der Waals surface area contributed by atoms with Gasteiger partial charge in [-0.05, 0) is 42.0 Å². The smallest absolute Gasteiger partial charge is 0.416 e. The van der Waals surface area contributed by atoms with E-state index >= 15 is 0 Å². The number of nitrogens with zero attached hydrogens (tertiary/aromatic N) is 6. The lowest BCUT2D eigenvalue weighted by Gasteiger charge is -2.10. The third-order valence-electron chi connectivity index (χ3n) is 5.52. The van der Waals surface area contributed by atoms with Gasteiger partial charge in [-0.1, -0.05) is 12.1 Å². The van der Waals surface area contributed by atoms with Crippen LogP contribution in [0.4, 0.5) is 13.2 Å². The van der Waals surface area contributed by atoms with Gasteiger partial charge in [-0.3, -0.25) is 0 Å². The molecule has 1 aromatic carbocycles. The maximum Gasteiger partial charge on any atom is 0.416 e. The molecular formula is C21H17F3N6O2. The number of alkyl halides is 3. The van der Waals surface area contributed by atoms with Crippen LogP contribution in [0.3, 0.4) is 0 Å². The van der Waals surface area contributed by atoms with Crippen molar-refractivity contribution in [1.29, 1.82) is 0 Å². The molecule has 1 fully saturated rings. The molecule has 1 saturated carbocycles. The van der Waals surface area contributed by atoms with E-state index in [1.165, 1.54) is 37.3 Å². The molecule has 5 rings (SSSR count). The van der Waals surface area contributed by atoms with Crippen molar-refractivity contribution in [3.8, 4) is 23.1 Å². The largest absolute Gasteiger partial charge is 0.480 e. The van der Waals surface area contributed by atoms with Crippen LogP contribution < -0.4 is 9.47 Å². The van der Waals surface area contributed by atoms with E-state index in [2.05, 4.69) is 25.1 Å². The highest BCUT2D eigenvalue weighted by Crippen LogP contribution is 2.55. The summed E-state index contributed by atoms with van der Waals surface area (Å²) in [6.07, 6.45) is -0.602. The fourth-order valence-electron chi connectivity index (χ4n) is 3.85. The Morgan fingerprint density at radius 1 is 1.03 bits per heavy atom. The maximum atomic E-state index is 12.9. The van der Waals surface area contributed by atoms with Gasteiger partial charge in [-0.25, -0.2) is 9.97 Å². The van der Waals surface area contributed by atoms with E-state index in [0.717, 1.165) is 29.7 Å². The molecular weight excluding hydrogens is 425 g/mol. The van der Waals surface area contributed by atoms with Crippen molar-refractivity contribution in [1.82, 2.24) is 29.8 Å². The minimum atomic E-state index is -4.35. The fraction of sp³-hybridized carbons (Fsp3) is 0.286. The molecule has 3 aromatic heterocycles. The summed E-state index contributed by atoms with van der Waals surface area (Å²) in [6, 6.07) is 7.36. The summed E-state index contributed by atoms with van der Waals surface area (Å²) >= 11 is 0. The number of benzene rings is 1. The Labute approximate surface area is 180 Å². The molecule has 2 atom stereocenters. The molecule has 3 heterocycles. The monoisotopic (exact) mass is 442 g/mol. The van der Waals surface area contributed by atoms with E-state index < -0.39 is 11.7 Å². The first-order chi connectivity index (χ1) is 15.4. The van der Waals surface area contributed by atoms with Crippen LogP contribution in [0.2, 0.25) is 0 Å². The first kappa shape index (κ1) is 20.2. The minimum Gasteiger partial charge on any atom is -0.480 e. The van der Waals surface area contributed by atoms with E-state index in [0.29, 0.717) is 22.8 Å². The lowest BCUT2D eigenvalue weighted by molar-refractivity contribution is -0.137. The van der Waals surface area contributed by atoms with Gasteiger partial charge in [0.1, 0.15) is 12.0 Å². The Balaban J connectivity index is 1.52. The van der Waals surface area contributed by atoms with Crippen LogP contribution >= 0.6 is 0 Å². The summed E-state index contributed by atoms with van der Waals surface area (Å²) in [6.45, 7) is 0. The molecule has 0 unspecified atom stereocenters. The molecule has 4 aromatic rings. The first-order valence-corrected chi connectivity index (χ1v) is 9.72. The predicted octanol–water partition coefficient (Wildman–Crippen LogP) is 3.89. The van der Waals surface area contributed by atoms with Gasteiger partial charge in [0.05, 0.1) is 25.3 Å². The van der Waals surface area contributed by atoms with E-state index in [9.17, 15) is 13.2 Å². The quantitative estimate of drug-likeness (QED) is 0.463. The van der Waals surface area contributed by atoms with Crippen molar-refractivity contribution in [3.63, 3.8) is 0 Å². The molecule has 0 bridgehead atoms. The number of aromatic nitrogens is 6. The lowest BCUT2D eigenvalue weighted by atomic mass is 10.0. The van der Waals surface area contributed by atoms with E-state index in [-0.39, 0.29) is 17.8 Å². The number of ether oxygens (including phenoxy) is 2. The third kappa shape index (κ3) is 3.49. The van der Waals surface area contributed by atoms with Crippen LogP contribution in [0.15, 0.2) is 42.9 Å². The van der Waals surface area contributed by atoms with Gasteiger partial charge in [-0.2, -0.15) is 18.2 Å². The molecule has 11 heteroatoms. The van der Waals surface area contributed by atoms with Gasteiger partial charge >= 0.3 is 12.2 Å². The van der Waals surface area contributed by atoms with Gasteiger partial charge in [0.25, 0.3) is 0 Å². The number of rotatable bonds is 5. The SMILES string of the molecule is COc1ncc(-c2cc([C@H]3C[C@@H]3c3ccc(C(F)(F)F)cc3)c3ncnn3n2)c(OC)n1. The normalized spacial score (nSPS) is 18.0. The molecule has 32 heavy (non-hydrogen) atoms. The van der Waals surface area contributed by atoms with Crippen molar-refractivity contribution < 1.29 is 22.6 Å². The number of halogens is 3. The van der Waals surface area contributed by atoms with Crippen LogP contribution in [0.25, 0.3) is 16.9 Å². The Morgan fingerprint density at radius 3 is 2.50 bits per heavy atom. The molecule has 164 valence electrons. The van der Waals surface area contributed by atoms with Gasteiger partial charge in [0, 0.05) is 11.8 Å². The van der Waals surface area contributed by atoms with Crippen molar-refractivity contribution in [3.05, 3.63) is 59.5 Å². The zero-order valence-electron chi connectivity index (χ0n) is 17.0. The molecule has 8 nitrogen and oxygen atoms in total. The van der Waals surface area contributed by atoms with Gasteiger partial charge < -0.3 is 9.47 Å². The lowest BCUT2D eigenvalue weighted by Crippen LogP contribution is -2.04. The molecule has 0 N–H and O–H groups in total.